The molecule has 19 heteroatoms. The molecule has 0 spiro atoms. The Morgan fingerprint density at radius 1 is 0.289 bits per heavy atom. The van der Waals surface area contributed by atoms with Crippen molar-refractivity contribution in [2.24, 2.45) is 5.92 Å². The minimum Gasteiger partial charge on any atom is -0.462 e. The number of aliphatic hydroxyl groups excluding tert-OH is 1. The third-order valence-corrected chi connectivity index (χ3v) is 20.5. The van der Waals surface area contributed by atoms with E-state index in [4.69, 9.17) is 37.0 Å². The maximum atomic E-state index is 13.1. The van der Waals surface area contributed by atoms with Gasteiger partial charge in [0.25, 0.3) is 0 Å². The van der Waals surface area contributed by atoms with Gasteiger partial charge in [0.2, 0.25) is 0 Å². The van der Waals surface area contributed by atoms with Gasteiger partial charge in [-0.3, -0.25) is 37.3 Å². The number of carbonyl (C=O) groups is 4. The van der Waals surface area contributed by atoms with Gasteiger partial charge in [-0.2, -0.15) is 0 Å². The third-order valence-electron chi connectivity index (χ3n) is 18.6. The molecule has 0 aromatic heterocycles. The van der Waals surface area contributed by atoms with E-state index in [2.05, 4.69) is 34.6 Å². The van der Waals surface area contributed by atoms with E-state index in [0.717, 1.165) is 109 Å². The summed E-state index contributed by atoms with van der Waals surface area (Å²) in [5, 5.41) is 10.6. The number of unbranched alkanes of at least 4 members (excludes halogenated alkanes) is 49. The van der Waals surface area contributed by atoms with E-state index >= 15 is 0 Å². The third kappa shape index (κ3) is 70.9. The van der Waals surface area contributed by atoms with Gasteiger partial charge in [-0.15, -0.1) is 0 Å². The Morgan fingerprint density at radius 2 is 0.495 bits per heavy atom. The number of ether oxygens (including phenoxy) is 4. The number of aliphatic hydroxyl groups is 1. The summed E-state index contributed by atoms with van der Waals surface area (Å²) in [6, 6.07) is 0. The van der Waals surface area contributed by atoms with Gasteiger partial charge in [-0.1, -0.05) is 362 Å². The van der Waals surface area contributed by atoms with Crippen molar-refractivity contribution in [3.63, 3.8) is 0 Å². The average molecular weight is 1420 g/mol. The number of rotatable bonds is 78. The van der Waals surface area contributed by atoms with Crippen molar-refractivity contribution in [2.45, 2.75) is 432 Å². The highest BCUT2D eigenvalue weighted by Crippen LogP contribution is 2.45. The van der Waals surface area contributed by atoms with Crippen LogP contribution in [0, 0.1) is 5.92 Å². The van der Waals surface area contributed by atoms with Crippen LogP contribution >= 0.6 is 15.6 Å². The zero-order valence-corrected chi connectivity index (χ0v) is 65.0. The molecule has 0 aliphatic rings. The molecule has 0 aliphatic heterocycles. The molecule has 3 N–H and O–H groups in total. The molecule has 0 aliphatic carbocycles. The van der Waals surface area contributed by atoms with Crippen molar-refractivity contribution in [3.8, 4) is 0 Å². The van der Waals surface area contributed by atoms with Crippen LogP contribution in [0.1, 0.15) is 413 Å². The smallest absolute Gasteiger partial charge is 0.462 e. The molecule has 0 aromatic carbocycles. The first kappa shape index (κ1) is 95.1. The van der Waals surface area contributed by atoms with Crippen LogP contribution in [-0.4, -0.2) is 96.7 Å². The number of hydrogen-bond acceptors (Lipinski definition) is 15. The highest BCUT2D eigenvalue weighted by molar-refractivity contribution is 7.47. The number of carbonyl (C=O) groups excluding carboxylic acids is 4. The summed E-state index contributed by atoms with van der Waals surface area (Å²) in [7, 11) is -9.91. The van der Waals surface area contributed by atoms with Crippen LogP contribution in [0.4, 0.5) is 0 Å². The van der Waals surface area contributed by atoms with E-state index < -0.39 is 97.5 Å². The topological polar surface area (TPSA) is 237 Å². The van der Waals surface area contributed by atoms with Gasteiger partial charge in [0, 0.05) is 25.7 Å². The zero-order chi connectivity index (χ0) is 71.2. The van der Waals surface area contributed by atoms with Gasteiger partial charge in [0.1, 0.15) is 19.3 Å². The molecule has 0 radical (unpaired) electrons. The molecule has 0 bridgehead atoms. The summed E-state index contributed by atoms with van der Waals surface area (Å²) in [5.74, 6) is -1.27. The van der Waals surface area contributed by atoms with Gasteiger partial charge in [-0.05, 0) is 31.6 Å². The molecule has 6 atom stereocenters. The Hall–Kier alpha value is -1.94. The quantitative estimate of drug-likeness (QED) is 0.0222. The summed E-state index contributed by atoms with van der Waals surface area (Å²) in [6.07, 6.45) is 61.0. The Kier molecular flexibility index (Phi) is 69.6. The van der Waals surface area contributed by atoms with Crippen LogP contribution in [-0.2, 0) is 65.4 Å². The normalized spacial score (nSPS) is 14.2. The Balaban J connectivity index is 5.19. The van der Waals surface area contributed by atoms with Gasteiger partial charge in [0.15, 0.2) is 12.2 Å². The number of phosphoric ester groups is 2. The molecule has 0 amide bonds. The highest BCUT2D eigenvalue weighted by atomic mass is 31.2. The van der Waals surface area contributed by atoms with E-state index in [0.29, 0.717) is 25.7 Å². The van der Waals surface area contributed by atoms with E-state index in [9.17, 15) is 43.2 Å². The summed E-state index contributed by atoms with van der Waals surface area (Å²) >= 11 is 0. The van der Waals surface area contributed by atoms with Crippen LogP contribution in [0.25, 0.3) is 0 Å². The molecular formula is C78H152O17P2. The van der Waals surface area contributed by atoms with E-state index in [1.54, 1.807) is 0 Å². The predicted octanol–water partition coefficient (Wildman–Crippen LogP) is 23.3. The van der Waals surface area contributed by atoms with Gasteiger partial charge < -0.3 is 33.8 Å². The monoisotopic (exact) mass is 1420 g/mol. The fourth-order valence-corrected chi connectivity index (χ4v) is 13.6. The second-order valence-electron chi connectivity index (χ2n) is 28.3. The highest BCUT2D eigenvalue weighted by Gasteiger charge is 2.30. The van der Waals surface area contributed by atoms with Crippen LogP contribution in [0.5, 0.6) is 0 Å². The maximum absolute atomic E-state index is 13.1. The lowest BCUT2D eigenvalue weighted by molar-refractivity contribution is -0.161. The SMILES string of the molecule is CCCCCCCCCCCCCCCCCCC(=O)OC[C@H](COP(=O)(O)OC[C@@H](O)COP(=O)(O)OC[C@@H](COC(=O)CCCCCCCCC)OC(=O)CCCCCCCCCCCCCCCCCC)OC(=O)CCCCCCCCCCCCCCCCC(C)CC. The first-order chi connectivity index (χ1) is 47.1. The summed E-state index contributed by atoms with van der Waals surface area (Å²) < 4.78 is 68.5. The molecule has 0 saturated heterocycles. The standard InChI is InChI=1S/C78H152O17P2/c1-6-10-13-16-19-21-23-25-27-29-34-38-42-47-52-57-62-76(81)89-68-74(95-78(83)64-59-54-49-44-40-36-32-31-33-37-41-46-50-55-60-71(5)9-4)70-93-97(86,87)91-66-72(79)65-90-96(84,85)92-69-73(67-88-75(80)61-56-51-45-18-15-12-8-3)94-77(82)63-58-53-48-43-39-35-30-28-26-24-22-20-17-14-11-7-2/h71-74,79H,6-70H2,1-5H3,(H,84,85)(H,86,87)/t71?,72-,73+,74+/m0/s1. The number of esters is 4. The van der Waals surface area contributed by atoms with Crippen molar-refractivity contribution in [1.29, 1.82) is 0 Å². The molecule has 0 fully saturated rings. The van der Waals surface area contributed by atoms with E-state index in [1.807, 2.05) is 0 Å². The Bertz CT molecular complexity index is 1860. The maximum Gasteiger partial charge on any atom is 0.472 e. The largest absolute Gasteiger partial charge is 0.472 e. The van der Waals surface area contributed by atoms with E-state index in [1.165, 1.54) is 225 Å². The van der Waals surface area contributed by atoms with Crippen molar-refractivity contribution >= 4 is 39.5 Å². The summed E-state index contributed by atoms with van der Waals surface area (Å²) in [5.41, 5.74) is 0. The predicted molar refractivity (Wildman–Crippen MR) is 395 cm³/mol. The van der Waals surface area contributed by atoms with Crippen molar-refractivity contribution < 1.29 is 80.2 Å². The van der Waals surface area contributed by atoms with Gasteiger partial charge >= 0.3 is 39.5 Å². The lowest BCUT2D eigenvalue weighted by Gasteiger charge is -2.21. The lowest BCUT2D eigenvalue weighted by atomic mass is 9.99. The van der Waals surface area contributed by atoms with Crippen molar-refractivity contribution in [1.82, 2.24) is 0 Å². The molecule has 0 heterocycles. The first-order valence-electron chi connectivity index (χ1n) is 40.7. The van der Waals surface area contributed by atoms with Gasteiger partial charge in [-0.25, -0.2) is 9.13 Å². The van der Waals surface area contributed by atoms with Crippen LogP contribution < -0.4 is 0 Å². The Labute approximate surface area is 594 Å². The summed E-state index contributed by atoms with van der Waals surface area (Å²) in [4.78, 5) is 72.8. The molecule has 3 unspecified atom stereocenters. The molecule has 97 heavy (non-hydrogen) atoms. The van der Waals surface area contributed by atoms with Crippen LogP contribution in [0.15, 0.2) is 0 Å². The second-order valence-corrected chi connectivity index (χ2v) is 31.3. The van der Waals surface area contributed by atoms with Crippen LogP contribution in [0.2, 0.25) is 0 Å². The molecule has 576 valence electrons. The number of hydrogen-bond donors (Lipinski definition) is 3. The fraction of sp³-hybridized carbons (Fsp3) is 0.949. The fourth-order valence-electron chi connectivity index (χ4n) is 12.0. The van der Waals surface area contributed by atoms with Crippen molar-refractivity contribution in [3.05, 3.63) is 0 Å². The van der Waals surface area contributed by atoms with Gasteiger partial charge in [0.05, 0.1) is 26.4 Å². The van der Waals surface area contributed by atoms with E-state index in [-0.39, 0.29) is 25.7 Å². The summed E-state index contributed by atoms with van der Waals surface area (Å²) in [6.45, 7) is 7.33. The molecule has 0 rings (SSSR count). The minimum absolute atomic E-state index is 0.108. The second kappa shape index (κ2) is 71.1. The van der Waals surface area contributed by atoms with Crippen LogP contribution in [0.3, 0.4) is 0 Å². The minimum atomic E-state index is -4.96. The zero-order valence-electron chi connectivity index (χ0n) is 63.2. The molecule has 0 aromatic rings. The average Bonchev–Trinajstić information content (AvgIpc) is 1.60. The first-order valence-corrected chi connectivity index (χ1v) is 43.7. The Morgan fingerprint density at radius 3 is 0.732 bits per heavy atom. The van der Waals surface area contributed by atoms with Crippen molar-refractivity contribution in [2.75, 3.05) is 39.6 Å². The number of phosphoric acid groups is 2. The molecule has 0 saturated carbocycles. The lowest BCUT2D eigenvalue weighted by Crippen LogP contribution is -2.30. The molecular weight excluding hydrogens is 1270 g/mol. The molecule has 17 nitrogen and oxygen atoms in total.